The summed E-state index contributed by atoms with van der Waals surface area (Å²) in [5, 5.41) is 20.8. The lowest BCUT2D eigenvalue weighted by Crippen LogP contribution is -2.35. The number of hydrogen-bond acceptors (Lipinski definition) is 5. The van der Waals surface area contributed by atoms with Gasteiger partial charge in [-0.15, -0.1) is 0 Å². The van der Waals surface area contributed by atoms with Crippen LogP contribution in [0.4, 0.5) is 0 Å². The van der Waals surface area contributed by atoms with E-state index < -0.39 is 0 Å². The lowest BCUT2D eigenvalue weighted by molar-refractivity contribution is 0.170. The van der Waals surface area contributed by atoms with Crippen LogP contribution in [-0.2, 0) is 6.54 Å². The first-order valence-electron chi connectivity index (χ1n) is 5.17. The smallest absolute Gasteiger partial charge is 0.217 e. The maximum atomic E-state index is 8.91. The Labute approximate surface area is 95.1 Å². The summed E-state index contributed by atoms with van der Waals surface area (Å²) in [6.07, 6.45) is 0. The van der Waals surface area contributed by atoms with E-state index in [1.807, 2.05) is 19.1 Å². The predicted octanol–water partition coefficient (Wildman–Crippen LogP) is -0.159. The summed E-state index contributed by atoms with van der Waals surface area (Å²) in [6.45, 7) is 2.20. The zero-order valence-corrected chi connectivity index (χ0v) is 9.60. The van der Waals surface area contributed by atoms with Crippen molar-refractivity contribution >= 4 is 0 Å². The van der Waals surface area contributed by atoms with E-state index in [-0.39, 0.29) is 19.3 Å². The number of nitrogens with one attached hydrogen (secondary N) is 1. The number of rotatable bonds is 6. The van der Waals surface area contributed by atoms with Crippen molar-refractivity contribution in [3.8, 4) is 5.88 Å². The van der Waals surface area contributed by atoms with Crippen molar-refractivity contribution in [3.63, 3.8) is 0 Å². The maximum Gasteiger partial charge on any atom is 0.217 e. The topological polar surface area (TPSA) is 74.6 Å². The van der Waals surface area contributed by atoms with Gasteiger partial charge in [0.15, 0.2) is 0 Å². The number of hydrogen-bond donors (Lipinski definition) is 3. The van der Waals surface area contributed by atoms with Crippen LogP contribution in [0.1, 0.15) is 11.3 Å². The number of ether oxygens (including phenoxy) is 1. The Morgan fingerprint density at radius 3 is 2.62 bits per heavy atom. The maximum absolute atomic E-state index is 8.91. The van der Waals surface area contributed by atoms with Crippen molar-refractivity contribution in [2.45, 2.75) is 19.5 Å². The molecule has 0 fully saturated rings. The molecule has 0 bridgehead atoms. The molecule has 5 nitrogen and oxygen atoms in total. The Balaban J connectivity index is 2.65. The molecular formula is C11H18N2O3. The van der Waals surface area contributed by atoms with Crippen molar-refractivity contribution in [1.29, 1.82) is 0 Å². The minimum atomic E-state index is -0.314. The van der Waals surface area contributed by atoms with Gasteiger partial charge in [-0.05, 0) is 13.0 Å². The molecule has 1 aromatic heterocycles. The highest BCUT2D eigenvalue weighted by Gasteiger charge is 2.08. The van der Waals surface area contributed by atoms with Crippen LogP contribution in [0.25, 0.3) is 0 Å². The molecule has 0 radical (unpaired) electrons. The van der Waals surface area contributed by atoms with Crippen LogP contribution in [-0.4, -0.2) is 41.6 Å². The second kappa shape index (κ2) is 6.42. The minimum absolute atomic E-state index is 0.0991. The Hall–Kier alpha value is -1.17. The third kappa shape index (κ3) is 3.44. The van der Waals surface area contributed by atoms with Crippen molar-refractivity contribution in [1.82, 2.24) is 10.3 Å². The molecular weight excluding hydrogens is 208 g/mol. The number of nitrogens with zero attached hydrogens (tertiary/aromatic N) is 1. The van der Waals surface area contributed by atoms with Gasteiger partial charge < -0.3 is 20.3 Å². The molecule has 0 saturated heterocycles. The molecule has 0 aromatic carbocycles. The third-order valence-electron chi connectivity index (χ3n) is 2.29. The Morgan fingerprint density at radius 2 is 2.06 bits per heavy atom. The molecule has 5 heteroatoms. The van der Waals surface area contributed by atoms with Gasteiger partial charge in [0.1, 0.15) is 0 Å². The monoisotopic (exact) mass is 226 g/mol. The normalized spacial score (nSPS) is 10.8. The van der Waals surface area contributed by atoms with E-state index in [0.29, 0.717) is 12.4 Å². The molecule has 1 heterocycles. The molecule has 0 spiro atoms. The van der Waals surface area contributed by atoms with Gasteiger partial charge in [-0.25, -0.2) is 4.98 Å². The van der Waals surface area contributed by atoms with Gasteiger partial charge in [0, 0.05) is 17.8 Å². The summed E-state index contributed by atoms with van der Waals surface area (Å²) in [5.74, 6) is 0.571. The van der Waals surface area contributed by atoms with Gasteiger partial charge in [0.05, 0.1) is 26.4 Å². The molecule has 0 aliphatic heterocycles. The molecule has 0 aliphatic carbocycles. The summed E-state index contributed by atoms with van der Waals surface area (Å²) in [4.78, 5) is 4.23. The average Bonchev–Trinajstić information content (AvgIpc) is 2.31. The van der Waals surface area contributed by atoms with Gasteiger partial charge in [0.25, 0.3) is 0 Å². The van der Waals surface area contributed by atoms with Crippen molar-refractivity contribution in [2.75, 3.05) is 20.3 Å². The van der Waals surface area contributed by atoms with E-state index in [2.05, 4.69) is 10.3 Å². The minimum Gasteiger partial charge on any atom is -0.481 e. The van der Waals surface area contributed by atoms with Crippen LogP contribution in [0, 0.1) is 6.92 Å². The van der Waals surface area contributed by atoms with E-state index in [9.17, 15) is 0 Å². The Bertz CT molecular complexity index is 327. The number of pyridine rings is 1. The summed E-state index contributed by atoms with van der Waals surface area (Å²) in [7, 11) is 1.57. The fourth-order valence-corrected chi connectivity index (χ4v) is 1.31. The molecule has 3 N–H and O–H groups in total. The lowest BCUT2D eigenvalue weighted by atomic mass is 10.2. The molecule has 1 aromatic rings. The molecule has 90 valence electrons. The van der Waals surface area contributed by atoms with Crippen molar-refractivity contribution in [3.05, 3.63) is 23.4 Å². The summed E-state index contributed by atoms with van der Waals surface area (Å²) >= 11 is 0. The van der Waals surface area contributed by atoms with Gasteiger partial charge in [-0.1, -0.05) is 6.07 Å². The number of methoxy groups -OCH3 is 1. The first-order chi connectivity index (χ1) is 7.71. The highest BCUT2D eigenvalue weighted by Crippen LogP contribution is 2.15. The second-order valence-corrected chi connectivity index (χ2v) is 3.56. The zero-order valence-electron chi connectivity index (χ0n) is 9.60. The highest BCUT2D eigenvalue weighted by atomic mass is 16.5. The first kappa shape index (κ1) is 12.9. The Kier molecular flexibility index (Phi) is 5.18. The fraction of sp³-hybridized carbons (Fsp3) is 0.545. The molecule has 0 amide bonds. The van der Waals surface area contributed by atoms with E-state index in [0.717, 1.165) is 11.3 Å². The highest BCUT2D eigenvalue weighted by molar-refractivity contribution is 5.27. The quantitative estimate of drug-likeness (QED) is 0.628. The summed E-state index contributed by atoms with van der Waals surface area (Å²) in [5.41, 5.74) is 1.79. The number of aliphatic hydroxyl groups is 2. The van der Waals surface area contributed by atoms with Crippen LogP contribution in [0.5, 0.6) is 5.88 Å². The standard InChI is InChI=1S/C11H18N2O3/c1-8-3-4-9(11(13-8)16-2)5-12-10(6-14)7-15/h3-4,10,12,14-15H,5-7H2,1-2H3. The molecule has 1 rings (SSSR count). The van der Waals surface area contributed by atoms with Gasteiger partial charge in [-0.3, -0.25) is 0 Å². The number of aromatic nitrogens is 1. The zero-order chi connectivity index (χ0) is 12.0. The molecule has 16 heavy (non-hydrogen) atoms. The van der Waals surface area contributed by atoms with Gasteiger partial charge in [0.2, 0.25) is 5.88 Å². The molecule has 0 atom stereocenters. The van der Waals surface area contributed by atoms with Crippen molar-refractivity contribution < 1.29 is 14.9 Å². The van der Waals surface area contributed by atoms with Crippen LogP contribution < -0.4 is 10.1 Å². The molecule has 0 unspecified atom stereocenters. The SMILES string of the molecule is COc1nc(C)ccc1CNC(CO)CO. The van der Waals surface area contributed by atoms with E-state index in [1.54, 1.807) is 7.11 Å². The van der Waals surface area contributed by atoms with Gasteiger partial charge >= 0.3 is 0 Å². The molecule has 0 aliphatic rings. The third-order valence-corrected chi connectivity index (χ3v) is 2.29. The number of aliphatic hydroxyl groups excluding tert-OH is 2. The second-order valence-electron chi connectivity index (χ2n) is 3.56. The fourth-order valence-electron chi connectivity index (χ4n) is 1.31. The van der Waals surface area contributed by atoms with Crippen LogP contribution in [0.3, 0.4) is 0 Å². The van der Waals surface area contributed by atoms with Crippen molar-refractivity contribution in [2.24, 2.45) is 0 Å². The lowest BCUT2D eigenvalue weighted by Gasteiger charge is -2.14. The van der Waals surface area contributed by atoms with Crippen LogP contribution in [0.2, 0.25) is 0 Å². The van der Waals surface area contributed by atoms with E-state index in [1.165, 1.54) is 0 Å². The first-order valence-corrected chi connectivity index (χ1v) is 5.17. The molecule has 0 saturated carbocycles. The van der Waals surface area contributed by atoms with Gasteiger partial charge in [-0.2, -0.15) is 0 Å². The summed E-state index contributed by atoms with van der Waals surface area (Å²) < 4.78 is 5.15. The predicted molar refractivity (Wildman–Crippen MR) is 60.3 cm³/mol. The van der Waals surface area contributed by atoms with Crippen LogP contribution in [0.15, 0.2) is 12.1 Å². The largest absolute Gasteiger partial charge is 0.481 e. The Morgan fingerprint density at radius 1 is 1.38 bits per heavy atom. The summed E-state index contributed by atoms with van der Waals surface area (Å²) in [6, 6.07) is 3.50. The van der Waals surface area contributed by atoms with Crippen LogP contribution >= 0.6 is 0 Å². The van der Waals surface area contributed by atoms with E-state index in [4.69, 9.17) is 14.9 Å². The average molecular weight is 226 g/mol. The number of aryl methyl sites for hydroxylation is 1. The van der Waals surface area contributed by atoms with E-state index >= 15 is 0 Å².